The highest BCUT2D eigenvalue weighted by atomic mass is 32.1. The van der Waals surface area contributed by atoms with Crippen LogP contribution < -0.4 is 9.64 Å². The molecule has 3 heterocycles. The van der Waals surface area contributed by atoms with E-state index in [9.17, 15) is 4.79 Å². The Balaban J connectivity index is 1.40. The van der Waals surface area contributed by atoms with Crippen LogP contribution in [0.4, 0.5) is 5.82 Å². The number of benzene rings is 1. The standard InChI is InChI=1S/C19H20N4O2S/c1-22(2)17-7-8-18(21-20-17)25-14-9-10-23(12-14)19(24)16-11-13-5-3-4-6-15(13)26-16/h3-8,11,14H,9-10,12H2,1-2H3. The Labute approximate surface area is 156 Å². The summed E-state index contributed by atoms with van der Waals surface area (Å²) in [4.78, 5) is 17.3. The van der Waals surface area contributed by atoms with Crippen molar-refractivity contribution in [1.29, 1.82) is 0 Å². The molecule has 3 aromatic rings. The van der Waals surface area contributed by atoms with Crippen molar-refractivity contribution in [3.8, 4) is 5.88 Å². The van der Waals surface area contributed by atoms with E-state index in [2.05, 4.69) is 10.2 Å². The number of carbonyl (C=O) groups is 1. The molecule has 1 atom stereocenters. The Hall–Kier alpha value is -2.67. The zero-order valence-corrected chi connectivity index (χ0v) is 15.6. The molecule has 7 heteroatoms. The monoisotopic (exact) mass is 368 g/mol. The predicted molar refractivity (Wildman–Crippen MR) is 103 cm³/mol. The van der Waals surface area contributed by atoms with E-state index < -0.39 is 0 Å². The zero-order chi connectivity index (χ0) is 18.1. The molecule has 134 valence electrons. The van der Waals surface area contributed by atoms with Gasteiger partial charge in [0.15, 0.2) is 5.82 Å². The molecule has 1 unspecified atom stereocenters. The second-order valence-electron chi connectivity index (χ2n) is 6.55. The first-order valence-electron chi connectivity index (χ1n) is 8.56. The highest BCUT2D eigenvalue weighted by molar-refractivity contribution is 7.20. The van der Waals surface area contributed by atoms with E-state index in [1.807, 2.05) is 66.4 Å². The fraction of sp³-hybridized carbons (Fsp3) is 0.316. The maximum atomic E-state index is 12.8. The van der Waals surface area contributed by atoms with Crippen LogP contribution in [0.5, 0.6) is 5.88 Å². The van der Waals surface area contributed by atoms with Crippen molar-refractivity contribution in [2.75, 3.05) is 32.1 Å². The van der Waals surface area contributed by atoms with E-state index in [0.717, 1.165) is 27.2 Å². The summed E-state index contributed by atoms with van der Waals surface area (Å²) < 4.78 is 7.04. The molecule has 0 radical (unpaired) electrons. The number of hydrogen-bond acceptors (Lipinski definition) is 6. The van der Waals surface area contributed by atoms with Crippen molar-refractivity contribution in [1.82, 2.24) is 15.1 Å². The summed E-state index contributed by atoms with van der Waals surface area (Å²) >= 11 is 1.54. The van der Waals surface area contributed by atoms with Crippen LogP contribution in [-0.2, 0) is 0 Å². The summed E-state index contributed by atoms with van der Waals surface area (Å²) in [5.74, 6) is 1.36. The maximum absolute atomic E-state index is 12.8. The van der Waals surface area contributed by atoms with Gasteiger partial charge in [-0.15, -0.1) is 21.5 Å². The molecule has 2 aromatic heterocycles. The van der Waals surface area contributed by atoms with E-state index in [1.54, 1.807) is 11.3 Å². The molecule has 0 N–H and O–H groups in total. The fourth-order valence-corrected chi connectivity index (χ4v) is 4.07. The van der Waals surface area contributed by atoms with Gasteiger partial charge in [-0.25, -0.2) is 0 Å². The van der Waals surface area contributed by atoms with Crippen LogP contribution in [0.25, 0.3) is 10.1 Å². The molecule has 1 fully saturated rings. The minimum absolute atomic E-state index is 0.0483. The summed E-state index contributed by atoms with van der Waals surface area (Å²) in [5, 5.41) is 9.34. The summed E-state index contributed by atoms with van der Waals surface area (Å²) in [6.07, 6.45) is 0.751. The number of rotatable bonds is 4. The smallest absolute Gasteiger partial charge is 0.264 e. The number of fused-ring (bicyclic) bond motifs is 1. The average molecular weight is 368 g/mol. The SMILES string of the molecule is CN(C)c1ccc(OC2CCN(C(=O)c3cc4ccccc4s3)C2)nn1. The number of thiophene rings is 1. The molecule has 1 aliphatic heterocycles. The van der Waals surface area contributed by atoms with E-state index >= 15 is 0 Å². The van der Waals surface area contributed by atoms with Gasteiger partial charge in [-0.2, -0.15) is 0 Å². The number of nitrogens with zero attached hydrogens (tertiary/aromatic N) is 4. The lowest BCUT2D eigenvalue weighted by atomic mass is 10.2. The summed E-state index contributed by atoms with van der Waals surface area (Å²) in [6, 6.07) is 13.7. The van der Waals surface area contributed by atoms with Crippen LogP contribution >= 0.6 is 11.3 Å². The third kappa shape index (κ3) is 3.35. The van der Waals surface area contributed by atoms with Crippen LogP contribution in [0.3, 0.4) is 0 Å². The molecule has 0 aliphatic carbocycles. The van der Waals surface area contributed by atoms with Crippen LogP contribution in [0, 0.1) is 0 Å². The van der Waals surface area contributed by atoms with Gasteiger partial charge in [0.25, 0.3) is 5.91 Å². The minimum Gasteiger partial charge on any atom is -0.471 e. The molecule has 1 amide bonds. The number of amides is 1. The van der Waals surface area contributed by atoms with Crippen LogP contribution in [0.2, 0.25) is 0 Å². The highest BCUT2D eigenvalue weighted by Crippen LogP contribution is 2.27. The normalized spacial score (nSPS) is 16.8. The number of carbonyl (C=O) groups excluding carboxylic acids is 1. The molecule has 1 aliphatic rings. The van der Waals surface area contributed by atoms with Gasteiger partial charge in [-0.1, -0.05) is 18.2 Å². The van der Waals surface area contributed by atoms with Crippen molar-refractivity contribution in [2.24, 2.45) is 0 Å². The predicted octanol–water partition coefficient (Wildman–Crippen LogP) is 3.05. The van der Waals surface area contributed by atoms with Gasteiger partial charge in [0.05, 0.1) is 11.4 Å². The van der Waals surface area contributed by atoms with Crippen molar-refractivity contribution >= 4 is 33.1 Å². The fourth-order valence-electron chi connectivity index (χ4n) is 3.04. The van der Waals surface area contributed by atoms with Crippen molar-refractivity contribution < 1.29 is 9.53 Å². The largest absolute Gasteiger partial charge is 0.471 e. The second-order valence-corrected chi connectivity index (χ2v) is 7.64. The number of anilines is 1. The molecule has 0 spiro atoms. The lowest BCUT2D eigenvalue weighted by Crippen LogP contribution is -2.30. The van der Waals surface area contributed by atoms with Gasteiger partial charge in [0.1, 0.15) is 6.10 Å². The number of ether oxygens (including phenoxy) is 1. The quantitative estimate of drug-likeness (QED) is 0.708. The van der Waals surface area contributed by atoms with Gasteiger partial charge >= 0.3 is 0 Å². The van der Waals surface area contributed by atoms with Crippen molar-refractivity contribution in [3.05, 3.63) is 47.3 Å². The van der Waals surface area contributed by atoms with Gasteiger partial charge in [-0.3, -0.25) is 4.79 Å². The Morgan fingerprint density at radius 2 is 2.08 bits per heavy atom. The first kappa shape index (κ1) is 16.8. The van der Waals surface area contributed by atoms with E-state index in [-0.39, 0.29) is 12.0 Å². The average Bonchev–Trinajstić information content (AvgIpc) is 3.28. The maximum Gasteiger partial charge on any atom is 0.264 e. The Bertz CT molecular complexity index is 890. The molecular weight excluding hydrogens is 348 g/mol. The number of hydrogen-bond donors (Lipinski definition) is 0. The zero-order valence-electron chi connectivity index (χ0n) is 14.8. The summed E-state index contributed by atoms with van der Waals surface area (Å²) in [6.45, 7) is 1.27. The topological polar surface area (TPSA) is 58.6 Å². The van der Waals surface area contributed by atoms with Crippen LogP contribution in [0.15, 0.2) is 42.5 Å². The molecule has 1 saturated heterocycles. The molecule has 0 saturated carbocycles. The van der Waals surface area contributed by atoms with Gasteiger partial charge in [0.2, 0.25) is 5.88 Å². The van der Waals surface area contributed by atoms with Crippen molar-refractivity contribution in [3.63, 3.8) is 0 Å². The second kappa shape index (κ2) is 6.92. The van der Waals surface area contributed by atoms with Gasteiger partial charge in [0, 0.05) is 37.8 Å². The van der Waals surface area contributed by atoms with E-state index in [0.29, 0.717) is 19.0 Å². The Morgan fingerprint density at radius 1 is 1.23 bits per heavy atom. The van der Waals surface area contributed by atoms with E-state index in [4.69, 9.17) is 4.74 Å². The van der Waals surface area contributed by atoms with Crippen LogP contribution in [0.1, 0.15) is 16.1 Å². The first-order valence-corrected chi connectivity index (χ1v) is 9.37. The van der Waals surface area contributed by atoms with Crippen molar-refractivity contribution in [2.45, 2.75) is 12.5 Å². The van der Waals surface area contributed by atoms with Gasteiger partial charge < -0.3 is 14.5 Å². The minimum atomic E-state index is -0.0483. The number of likely N-dealkylation sites (tertiary alicyclic amines) is 1. The summed E-state index contributed by atoms with van der Waals surface area (Å²) in [5.41, 5.74) is 0. The molecule has 6 nitrogen and oxygen atoms in total. The van der Waals surface area contributed by atoms with E-state index in [1.165, 1.54) is 0 Å². The molecule has 1 aromatic carbocycles. The third-order valence-corrected chi connectivity index (χ3v) is 5.54. The Morgan fingerprint density at radius 3 is 2.81 bits per heavy atom. The third-order valence-electron chi connectivity index (χ3n) is 4.44. The van der Waals surface area contributed by atoms with Gasteiger partial charge in [-0.05, 0) is 23.6 Å². The first-order chi connectivity index (χ1) is 12.6. The molecular formula is C19H20N4O2S. The molecule has 26 heavy (non-hydrogen) atoms. The lowest BCUT2D eigenvalue weighted by Gasteiger charge is -2.16. The summed E-state index contributed by atoms with van der Waals surface area (Å²) in [7, 11) is 3.83. The number of aromatic nitrogens is 2. The molecule has 4 rings (SSSR count). The highest BCUT2D eigenvalue weighted by Gasteiger charge is 2.29. The Kier molecular flexibility index (Phi) is 4.46. The molecule has 0 bridgehead atoms. The van der Waals surface area contributed by atoms with Crippen LogP contribution in [-0.4, -0.2) is 54.3 Å². The lowest BCUT2D eigenvalue weighted by molar-refractivity contribution is 0.0776.